The predicted molar refractivity (Wildman–Crippen MR) is 98.2 cm³/mol. The number of hydrogen-bond acceptors (Lipinski definition) is 3. The highest BCUT2D eigenvalue weighted by atomic mass is 16.1. The van der Waals surface area contributed by atoms with Gasteiger partial charge >= 0.3 is 0 Å². The van der Waals surface area contributed by atoms with Crippen LogP contribution in [-0.2, 0) is 6.42 Å². The van der Waals surface area contributed by atoms with E-state index in [1.54, 1.807) is 10.9 Å². The zero-order chi connectivity index (χ0) is 17.4. The zero-order valence-corrected chi connectivity index (χ0v) is 14.2. The lowest BCUT2D eigenvalue weighted by Gasteiger charge is -2.08. The van der Waals surface area contributed by atoms with Crippen LogP contribution in [0.3, 0.4) is 0 Å². The Labute approximate surface area is 145 Å². The molecule has 0 amide bonds. The number of aromatic amines is 1. The number of hydrogen-bond donors (Lipinski definition) is 1. The van der Waals surface area contributed by atoms with Crippen molar-refractivity contribution in [2.24, 2.45) is 0 Å². The Kier molecular flexibility index (Phi) is 3.69. The Bertz CT molecular complexity index is 1120. The van der Waals surface area contributed by atoms with Gasteiger partial charge in [-0.3, -0.25) is 4.79 Å². The fourth-order valence-electron chi connectivity index (χ4n) is 3.01. The molecule has 4 rings (SSSR count). The molecule has 0 aliphatic carbocycles. The summed E-state index contributed by atoms with van der Waals surface area (Å²) in [5, 5.41) is 4.88. The molecule has 5 heteroatoms. The molecule has 124 valence electrons. The summed E-state index contributed by atoms with van der Waals surface area (Å²) < 4.78 is 1.74. The first-order chi connectivity index (χ1) is 12.1. The van der Waals surface area contributed by atoms with Gasteiger partial charge in [0, 0.05) is 6.42 Å². The lowest BCUT2D eigenvalue weighted by molar-refractivity contribution is 0.872. The molecule has 0 radical (unpaired) electrons. The normalized spacial score (nSPS) is 11.1. The molecule has 25 heavy (non-hydrogen) atoms. The third-order valence-electron chi connectivity index (χ3n) is 4.45. The second-order valence-corrected chi connectivity index (χ2v) is 6.20. The SMILES string of the molecule is Cc1ccccc1Cc1nc2c(cnn2-c2ccccc2C)c(=O)[nH]1. The number of fused-ring (bicyclic) bond motifs is 1. The highest BCUT2D eigenvalue weighted by molar-refractivity contribution is 5.75. The molecule has 0 aliphatic heterocycles. The van der Waals surface area contributed by atoms with Crippen molar-refractivity contribution in [2.45, 2.75) is 20.3 Å². The number of nitrogens with one attached hydrogen (secondary N) is 1. The summed E-state index contributed by atoms with van der Waals surface area (Å²) in [4.78, 5) is 20.0. The summed E-state index contributed by atoms with van der Waals surface area (Å²) in [7, 11) is 0. The third-order valence-corrected chi connectivity index (χ3v) is 4.45. The van der Waals surface area contributed by atoms with Crippen LogP contribution < -0.4 is 5.56 Å². The molecule has 0 saturated heterocycles. The molecule has 0 aliphatic rings. The molecule has 2 heterocycles. The van der Waals surface area contributed by atoms with Crippen LogP contribution in [0.25, 0.3) is 16.7 Å². The van der Waals surface area contributed by atoms with Crippen LogP contribution in [0.1, 0.15) is 22.5 Å². The molecule has 5 nitrogen and oxygen atoms in total. The van der Waals surface area contributed by atoms with E-state index in [4.69, 9.17) is 4.98 Å². The first-order valence-electron chi connectivity index (χ1n) is 8.21. The number of para-hydroxylation sites is 1. The van der Waals surface area contributed by atoms with Crippen molar-refractivity contribution in [2.75, 3.05) is 0 Å². The number of aromatic nitrogens is 4. The standard InChI is InChI=1S/C20H18N4O/c1-13-7-3-5-9-15(13)11-18-22-19-16(20(25)23-18)12-21-24(19)17-10-6-4-8-14(17)2/h3-10,12H,11H2,1-2H3,(H,22,23,25). The molecule has 2 aromatic heterocycles. The number of rotatable bonds is 3. The van der Waals surface area contributed by atoms with Gasteiger partial charge in [0.15, 0.2) is 5.65 Å². The largest absolute Gasteiger partial charge is 0.310 e. The second kappa shape index (κ2) is 6.02. The number of aryl methyl sites for hydroxylation is 2. The summed E-state index contributed by atoms with van der Waals surface area (Å²) in [6.45, 7) is 4.08. The van der Waals surface area contributed by atoms with Crippen LogP contribution in [0.15, 0.2) is 59.5 Å². The number of H-pyrrole nitrogens is 1. The van der Waals surface area contributed by atoms with E-state index in [-0.39, 0.29) is 5.56 Å². The van der Waals surface area contributed by atoms with Gasteiger partial charge in [-0.2, -0.15) is 5.10 Å². The maximum atomic E-state index is 12.5. The molecule has 1 N–H and O–H groups in total. The Morgan fingerprint density at radius 2 is 1.72 bits per heavy atom. The second-order valence-electron chi connectivity index (χ2n) is 6.20. The third kappa shape index (κ3) is 2.74. The molecule has 0 atom stereocenters. The average Bonchev–Trinajstić information content (AvgIpc) is 3.02. The molecular formula is C20H18N4O. The van der Waals surface area contributed by atoms with E-state index in [1.165, 1.54) is 5.56 Å². The molecule has 0 fully saturated rings. The van der Waals surface area contributed by atoms with Gasteiger partial charge in [-0.15, -0.1) is 0 Å². The predicted octanol–water partition coefficient (Wildman–Crippen LogP) is 3.32. The van der Waals surface area contributed by atoms with Crippen molar-refractivity contribution >= 4 is 11.0 Å². The van der Waals surface area contributed by atoms with E-state index < -0.39 is 0 Å². The molecule has 4 aromatic rings. The van der Waals surface area contributed by atoms with Crippen molar-refractivity contribution in [3.05, 3.63) is 87.6 Å². The highest BCUT2D eigenvalue weighted by Gasteiger charge is 2.13. The lowest BCUT2D eigenvalue weighted by atomic mass is 10.1. The van der Waals surface area contributed by atoms with Crippen molar-refractivity contribution in [1.82, 2.24) is 19.7 Å². The zero-order valence-electron chi connectivity index (χ0n) is 14.2. The molecule has 0 unspecified atom stereocenters. The van der Waals surface area contributed by atoms with Gasteiger partial charge in [-0.25, -0.2) is 9.67 Å². The van der Waals surface area contributed by atoms with E-state index in [1.807, 2.05) is 43.3 Å². The lowest BCUT2D eigenvalue weighted by Crippen LogP contribution is -2.13. The maximum Gasteiger partial charge on any atom is 0.262 e. The van der Waals surface area contributed by atoms with Crippen LogP contribution >= 0.6 is 0 Å². The minimum Gasteiger partial charge on any atom is -0.310 e. The van der Waals surface area contributed by atoms with Crippen molar-refractivity contribution in [1.29, 1.82) is 0 Å². The van der Waals surface area contributed by atoms with E-state index in [0.717, 1.165) is 16.8 Å². The summed E-state index contributed by atoms with van der Waals surface area (Å²) in [6.07, 6.45) is 2.15. The topological polar surface area (TPSA) is 63.6 Å². The molecule has 0 saturated carbocycles. The first kappa shape index (κ1) is 15.3. The monoisotopic (exact) mass is 330 g/mol. The van der Waals surface area contributed by atoms with Gasteiger partial charge in [0.25, 0.3) is 5.56 Å². The fraction of sp³-hybridized carbons (Fsp3) is 0.150. The quantitative estimate of drug-likeness (QED) is 0.627. The molecule has 0 bridgehead atoms. The van der Waals surface area contributed by atoms with E-state index in [9.17, 15) is 4.79 Å². The number of benzene rings is 2. The first-order valence-corrected chi connectivity index (χ1v) is 8.21. The highest BCUT2D eigenvalue weighted by Crippen LogP contribution is 2.18. The molecular weight excluding hydrogens is 312 g/mol. The average molecular weight is 330 g/mol. The Hall–Kier alpha value is -3.21. The summed E-state index contributed by atoms with van der Waals surface area (Å²) in [5.41, 5.74) is 4.76. The van der Waals surface area contributed by atoms with E-state index >= 15 is 0 Å². The van der Waals surface area contributed by atoms with Gasteiger partial charge in [-0.1, -0.05) is 42.5 Å². The van der Waals surface area contributed by atoms with Crippen LogP contribution in [-0.4, -0.2) is 19.7 Å². The Morgan fingerprint density at radius 1 is 1.00 bits per heavy atom. The maximum absolute atomic E-state index is 12.5. The minimum absolute atomic E-state index is 0.159. The van der Waals surface area contributed by atoms with Crippen LogP contribution in [0, 0.1) is 13.8 Å². The summed E-state index contributed by atoms with van der Waals surface area (Å²) >= 11 is 0. The molecule has 0 spiro atoms. The van der Waals surface area contributed by atoms with Crippen molar-refractivity contribution < 1.29 is 0 Å². The van der Waals surface area contributed by atoms with Gasteiger partial charge < -0.3 is 4.98 Å². The molecule has 2 aromatic carbocycles. The van der Waals surface area contributed by atoms with Crippen LogP contribution in [0.2, 0.25) is 0 Å². The van der Waals surface area contributed by atoms with Gasteiger partial charge in [-0.05, 0) is 36.6 Å². The number of nitrogens with zero attached hydrogens (tertiary/aromatic N) is 3. The Morgan fingerprint density at radius 3 is 2.48 bits per heavy atom. The van der Waals surface area contributed by atoms with Crippen LogP contribution in [0.4, 0.5) is 0 Å². The summed E-state index contributed by atoms with van der Waals surface area (Å²) in [5.74, 6) is 0.641. The van der Waals surface area contributed by atoms with Gasteiger partial charge in [0.1, 0.15) is 11.2 Å². The Balaban J connectivity index is 1.86. The van der Waals surface area contributed by atoms with Gasteiger partial charge in [0.2, 0.25) is 0 Å². The smallest absolute Gasteiger partial charge is 0.262 e. The van der Waals surface area contributed by atoms with Crippen molar-refractivity contribution in [3.8, 4) is 5.69 Å². The van der Waals surface area contributed by atoms with Gasteiger partial charge in [0.05, 0.1) is 11.9 Å². The van der Waals surface area contributed by atoms with E-state index in [2.05, 4.69) is 29.1 Å². The minimum atomic E-state index is -0.159. The van der Waals surface area contributed by atoms with E-state index in [0.29, 0.717) is 23.3 Å². The van der Waals surface area contributed by atoms with Crippen LogP contribution in [0.5, 0.6) is 0 Å². The van der Waals surface area contributed by atoms with Crippen molar-refractivity contribution in [3.63, 3.8) is 0 Å². The summed E-state index contributed by atoms with van der Waals surface area (Å²) in [6, 6.07) is 16.0. The fourth-order valence-corrected chi connectivity index (χ4v) is 3.01.